The standard InChI is InChI=1S/C16H27N5O/c1-13-10-19(12-16-17-4-5-18-16)11-15(13)21-7-3-6-20(8-9-21)14(2)22/h4-5,13,15H,3,6-12H2,1-2H3,(H,17,18)/t13-,15-/m0/s1. The molecule has 3 heterocycles. The highest BCUT2D eigenvalue weighted by molar-refractivity contribution is 5.73. The van der Waals surface area contributed by atoms with Gasteiger partial charge in [0.05, 0.1) is 6.54 Å². The largest absolute Gasteiger partial charge is 0.348 e. The second-order valence-electron chi connectivity index (χ2n) is 6.67. The highest BCUT2D eigenvalue weighted by atomic mass is 16.2. The smallest absolute Gasteiger partial charge is 0.219 e. The van der Waals surface area contributed by atoms with Crippen LogP contribution in [0.1, 0.15) is 26.1 Å². The molecule has 22 heavy (non-hydrogen) atoms. The molecule has 0 bridgehead atoms. The quantitative estimate of drug-likeness (QED) is 0.897. The highest BCUT2D eigenvalue weighted by Crippen LogP contribution is 2.24. The van der Waals surface area contributed by atoms with Crippen molar-refractivity contribution in [3.05, 3.63) is 18.2 Å². The molecule has 2 saturated heterocycles. The number of nitrogens with one attached hydrogen (secondary N) is 1. The topological polar surface area (TPSA) is 55.5 Å². The summed E-state index contributed by atoms with van der Waals surface area (Å²) < 4.78 is 0. The van der Waals surface area contributed by atoms with Crippen molar-refractivity contribution in [1.29, 1.82) is 0 Å². The number of carbonyl (C=O) groups excluding carboxylic acids is 1. The normalized spacial score (nSPS) is 28.0. The first-order valence-electron chi connectivity index (χ1n) is 8.33. The van der Waals surface area contributed by atoms with Gasteiger partial charge in [0, 0.05) is 64.6 Å². The van der Waals surface area contributed by atoms with Crippen LogP contribution in [0.4, 0.5) is 0 Å². The SMILES string of the molecule is CC(=O)N1CCCN([C@H]2CN(Cc3ncc[nH]3)C[C@@H]2C)CC1. The van der Waals surface area contributed by atoms with Crippen LogP contribution >= 0.6 is 0 Å². The van der Waals surface area contributed by atoms with Gasteiger partial charge in [0.1, 0.15) is 5.82 Å². The molecule has 1 N–H and O–H groups in total. The van der Waals surface area contributed by atoms with Gasteiger partial charge in [0.2, 0.25) is 5.91 Å². The zero-order chi connectivity index (χ0) is 15.5. The molecule has 6 heteroatoms. The van der Waals surface area contributed by atoms with Gasteiger partial charge < -0.3 is 9.88 Å². The van der Waals surface area contributed by atoms with E-state index in [0.29, 0.717) is 12.0 Å². The Morgan fingerprint density at radius 2 is 2.18 bits per heavy atom. The zero-order valence-corrected chi connectivity index (χ0v) is 13.7. The van der Waals surface area contributed by atoms with Crippen molar-refractivity contribution in [1.82, 2.24) is 24.7 Å². The van der Waals surface area contributed by atoms with E-state index in [0.717, 1.165) is 58.1 Å². The Morgan fingerprint density at radius 3 is 2.91 bits per heavy atom. The first kappa shape index (κ1) is 15.5. The third kappa shape index (κ3) is 3.50. The first-order valence-corrected chi connectivity index (χ1v) is 8.33. The maximum absolute atomic E-state index is 11.6. The second-order valence-corrected chi connectivity index (χ2v) is 6.67. The highest BCUT2D eigenvalue weighted by Gasteiger charge is 2.34. The van der Waals surface area contributed by atoms with Crippen molar-refractivity contribution in [2.75, 3.05) is 39.3 Å². The van der Waals surface area contributed by atoms with Gasteiger partial charge in [-0.15, -0.1) is 0 Å². The Balaban J connectivity index is 1.56. The molecule has 3 rings (SSSR count). The average Bonchev–Trinajstić information content (AvgIpc) is 3.03. The Bertz CT molecular complexity index is 489. The third-order valence-electron chi connectivity index (χ3n) is 5.02. The lowest BCUT2D eigenvalue weighted by molar-refractivity contribution is -0.128. The van der Waals surface area contributed by atoms with Crippen molar-refractivity contribution in [3.8, 4) is 0 Å². The predicted octanol–water partition coefficient (Wildman–Crippen LogP) is 0.784. The van der Waals surface area contributed by atoms with Crippen LogP contribution in [0.25, 0.3) is 0 Å². The zero-order valence-electron chi connectivity index (χ0n) is 13.7. The van der Waals surface area contributed by atoms with Crippen LogP contribution < -0.4 is 0 Å². The molecular formula is C16H27N5O. The second kappa shape index (κ2) is 6.79. The van der Waals surface area contributed by atoms with E-state index in [4.69, 9.17) is 0 Å². The van der Waals surface area contributed by atoms with Crippen LogP contribution in [-0.4, -0.2) is 75.9 Å². The number of aromatic nitrogens is 2. The molecule has 1 amide bonds. The Kier molecular flexibility index (Phi) is 4.78. The van der Waals surface area contributed by atoms with Gasteiger partial charge in [0.15, 0.2) is 0 Å². The number of amides is 1. The predicted molar refractivity (Wildman–Crippen MR) is 85.3 cm³/mol. The minimum Gasteiger partial charge on any atom is -0.348 e. The number of nitrogens with zero attached hydrogens (tertiary/aromatic N) is 4. The third-order valence-corrected chi connectivity index (χ3v) is 5.02. The van der Waals surface area contributed by atoms with Crippen molar-refractivity contribution in [2.45, 2.75) is 32.9 Å². The molecule has 0 spiro atoms. The van der Waals surface area contributed by atoms with E-state index in [1.54, 1.807) is 6.92 Å². The fourth-order valence-electron chi connectivity index (χ4n) is 3.83. The molecule has 1 aromatic rings. The molecule has 2 atom stereocenters. The summed E-state index contributed by atoms with van der Waals surface area (Å²) in [7, 11) is 0. The van der Waals surface area contributed by atoms with Crippen LogP contribution in [0.2, 0.25) is 0 Å². The van der Waals surface area contributed by atoms with Crippen LogP contribution in [0.15, 0.2) is 12.4 Å². The minimum atomic E-state index is 0.209. The monoisotopic (exact) mass is 305 g/mol. The Labute approximate surface area is 132 Å². The fraction of sp³-hybridized carbons (Fsp3) is 0.750. The van der Waals surface area contributed by atoms with Gasteiger partial charge in [-0.3, -0.25) is 14.6 Å². The van der Waals surface area contributed by atoms with E-state index in [9.17, 15) is 4.79 Å². The number of likely N-dealkylation sites (tertiary alicyclic amines) is 1. The van der Waals surface area contributed by atoms with Gasteiger partial charge in [-0.1, -0.05) is 6.92 Å². The molecule has 2 aliphatic heterocycles. The van der Waals surface area contributed by atoms with E-state index >= 15 is 0 Å². The Hall–Kier alpha value is -1.40. The van der Waals surface area contributed by atoms with Crippen molar-refractivity contribution >= 4 is 5.91 Å². The number of hydrogen-bond acceptors (Lipinski definition) is 4. The van der Waals surface area contributed by atoms with E-state index in [1.165, 1.54) is 0 Å². The van der Waals surface area contributed by atoms with Crippen molar-refractivity contribution in [2.24, 2.45) is 5.92 Å². The minimum absolute atomic E-state index is 0.209. The number of hydrogen-bond donors (Lipinski definition) is 1. The molecule has 6 nitrogen and oxygen atoms in total. The number of rotatable bonds is 3. The number of carbonyl (C=O) groups is 1. The van der Waals surface area contributed by atoms with Crippen molar-refractivity contribution < 1.29 is 4.79 Å². The fourth-order valence-corrected chi connectivity index (χ4v) is 3.83. The van der Waals surface area contributed by atoms with Crippen LogP contribution in [-0.2, 0) is 11.3 Å². The van der Waals surface area contributed by atoms with E-state index in [-0.39, 0.29) is 5.91 Å². The van der Waals surface area contributed by atoms with E-state index in [1.807, 2.05) is 17.3 Å². The summed E-state index contributed by atoms with van der Waals surface area (Å²) in [5.41, 5.74) is 0. The molecule has 0 saturated carbocycles. The molecule has 0 aromatic carbocycles. The summed E-state index contributed by atoms with van der Waals surface area (Å²) in [6, 6.07) is 0.599. The lowest BCUT2D eigenvalue weighted by Crippen LogP contribution is -2.43. The molecule has 122 valence electrons. The maximum Gasteiger partial charge on any atom is 0.219 e. The van der Waals surface area contributed by atoms with Gasteiger partial charge in [-0.25, -0.2) is 4.98 Å². The van der Waals surface area contributed by atoms with Gasteiger partial charge in [-0.2, -0.15) is 0 Å². The molecule has 0 radical (unpaired) electrons. The Morgan fingerprint density at radius 1 is 1.32 bits per heavy atom. The van der Waals surface area contributed by atoms with Crippen molar-refractivity contribution in [3.63, 3.8) is 0 Å². The van der Waals surface area contributed by atoms with E-state index < -0.39 is 0 Å². The number of imidazole rings is 1. The van der Waals surface area contributed by atoms with Gasteiger partial charge in [-0.05, 0) is 12.3 Å². The summed E-state index contributed by atoms with van der Waals surface area (Å²) >= 11 is 0. The number of aromatic amines is 1. The summed E-state index contributed by atoms with van der Waals surface area (Å²) in [5.74, 6) is 1.92. The molecule has 1 aromatic heterocycles. The molecule has 2 aliphatic rings. The molecule has 0 unspecified atom stereocenters. The molecule has 2 fully saturated rings. The van der Waals surface area contributed by atoms with Crippen LogP contribution in [0.5, 0.6) is 0 Å². The summed E-state index contributed by atoms with van der Waals surface area (Å²) in [6.07, 6.45) is 4.79. The van der Waals surface area contributed by atoms with E-state index in [2.05, 4.69) is 26.7 Å². The van der Waals surface area contributed by atoms with Crippen LogP contribution in [0, 0.1) is 5.92 Å². The van der Waals surface area contributed by atoms with Gasteiger partial charge >= 0.3 is 0 Å². The molecular weight excluding hydrogens is 278 g/mol. The van der Waals surface area contributed by atoms with Crippen LogP contribution in [0.3, 0.4) is 0 Å². The summed E-state index contributed by atoms with van der Waals surface area (Å²) in [5, 5.41) is 0. The lowest BCUT2D eigenvalue weighted by atomic mass is 10.0. The lowest BCUT2D eigenvalue weighted by Gasteiger charge is -2.30. The maximum atomic E-state index is 11.6. The number of H-pyrrole nitrogens is 1. The molecule has 0 aliphatic carbocycles. The average molecular weight is 305 g/mol. The first-order chi connectivity index (χ1) is 10.6. The van der Waals surface area contributed by atoms with Gasteiger partial charge in [0.25, 0.3) is 0 Å². The summed E-state index contributed by atoms with van der Waals surface area (Å²) in [6.45, 7) is 11.0. The summed E-state index contributed by atoms with van der Waals surface area (Å²) in [4.78, 5) is 26.2.